The molecular weight excluding hydrogens is 219 g/mol. The minimum absolute atomic E-state index is 0.0269. The van der Waals surface area contributed by atoms with E-state index in [9.17, 15) is 17.6 Å². The molecule has 0 fully saturated rings. The van der Waals surface area contributed by atoms with Gasteiger partial charge >= 0.3 is 0 Å². The molecule has 82 valence electrons. The van der Waals surface area contributed by atoms with Crippen LogP contribution < -0.4 is 0 Å². The quantitative estimate of drug-likeness (QED) is 0.588. The Balaban J connectivity index is 3.35. The molecule has 1 aromatic rings. The third-order valence-electron chi connectivity index (χ3n) is 2.04. The van der Waals surface area contributed by atoms with Crippen molar-refractivity contribution < 1.29 is 17.6 Å². The van der Waals surface area contributed by atoms with Gasteiger partial charge in [-0.05, 0) is 32.0 Å². The second-order valence-corrected chi connectivity index (χ2v) is 5.90. The number of sulfone groups is 1. The summed E-state index contributed by atoms with van der Waals surface area (Å²) in [7, 11) is -3.45. The molecule has 1 aromatic carbocycles. The Bertz CT molecular complexity index is 477. The Labute approximate surface area is 87.8 Å². The maximum atomic E-state index is 12.9. The summed E-state index contributed by atoms with van der Waals surface area (Å²) in [5.41, 5.74) is -0.239. The van der Waals surface area contributed by atoms with Gasteiger partial charge in [-0.15, -0.1) is 0 Å². The van der Waals surface area contributed by atoms with Gasteiger partial charge in [0.1, 0.15) is 5.82 Å². The van der Waals surface area contributed by atoms with E-state index in [2.05, 4.69) is 0 Å². The first-order valence-corrected chi connectivity index (χ1v) is 5.93. The van der Waals surface area contributed by atoms with Crippen molar-refractivity contribution in [3.05, 3.63) is 29.6 Å². The molecule has 0 atom stereocenters. The zero-order valence-corrected chi connectivity index (χ0v) is 9.21. The van der Waals surface area contributed by atoms with Gasteiger partial charge in [0.2, 0.25) is 0 Å². The fourth-order valence-corrected chi connectivity index (χ4v) is 2.15. The number of benzene rings is 1. The lowest BCUT2D eigenvalue weighted by Crippen LogP contribution is -2.14. The molecule has 0 aliphatic carbocycles. The predicted octanol–water partition coefficient (Wildman–Crippen LogP) is 1.82. The van der Waals surface area contributed by atoms with Crippen LogP contribution in [-0.4, -0.2) is 20.0 Å². The van der Waals surface area contributed by atoms with Crippen LogP contribution >= 0.6 is 0 Å². The fraction of sp³-hybridized carbons (Fsp3) is 0.300. The smallest absolute Gasteiger partial charge is 0.180 e. The van der Waals surface area contributed by atoms with Gasteiger partial charge in [0.05, 0.1) is 15.7 Å². The molecule has 0 aliphatic rings. The fourth-order valence-electron chi connectivity index (χ4n) is 1.06. The van der Waals surface area contributed by atoms with Crippen LogP contribution in [0.1, 0.15) is 24.2 Å². The van der Waals surface area contributed by atoms with Gasteiger partial charge in [-0.1, -0.05) is 0 Å². The van der Waals surface area contributed by atoms with Gasteiger partial charge in [-0.2, -0.15) is 0 Å². The number of halogens is 1. The molecule has 5 heteroatoms. The molecule has 0 amide bonds. The van der Waals surface area contributed by atoms with E-state index in [0.717, 1.165) is 18.2 Å². The number of hydrogen-bond acceptors (Lipinski definition) is 3. The molecule has 0 radical (unpaired) electrons. The van der Waals surface area contributed by atoms with E-state index in [-0.39, 0.29) is 10.5 Å². The highest BCUT2D eigenvalue weighted by molar-refractivity contribution is 7.92. The monoisotopic (exact) mass is 230 g/mol. The number of rotatable bonds is 3. The summed E-state index contributed by atoms with van der Waals surface area (Å²) in [6.07, 6.45) is 0.300. The minimum atomic E-state index is -3.45. The van der Waals surface area contributed by atoms with Crippen LogP contribution in [0.5, 0.6) is 0 Å². The summed E-state index contributed by atoms with van der Waals surface area (Å²) in [6.45, 7) is 3.05. The molecule has 0 N–H and O–H groups in total. The second-order valence-electron chi connectivity index (χ2n) is 3.39. The Morgan fingerprint density at radius 1 is 1.33 bits per heavy atom. The Kier molecular flexibility index (Phi) is 3.24. The van der Waals surface area contributed by atoms with E-state index in [1.807, 2.05) is 0 Å². The van der Waals surface area contributed by atoms with Crippen molar-refractivity contribution in [3.63, 3.8) is 0 Å². The van der Waals surface area contributed by atoms with Gasteiger partial charge in [0.15, 0.2) is 16.1 Å². The molecule has 0 spiro atoms. The SMILES string of the molecule is CC(C)S(=O)(=O)c1ccc(F)c(C=O)c1. The van der Waals surface area contributed by atoms with E-state index in [1.165, 1.54) is 13.8 Å². The average Bonchev–Trinajstić information content (AvgIpc) is 2.18. The third kappa shape index (κ3) is 2.23. The largest absolute Gasteiger partial charge is 0.298 e. The highest BCUT2D eigenvalue weighted by Crippen LogP contribution is 2.18. The average molecular weight is 230 g/mol. The molecule has 0 bridgehead atoms. The van der Waals surface area contributed by atoms with Gasteiger partial charge in [-0.3, -0.25) is 4.79 Å². The molecule has 15 heavy (non-hydrogen) atoms. The topological polar surface area (TPSA) is 51.2 Å². The van der Waals surface area contributed by atoms with E-state index < -0.39 is 20.9 Å². The van der Waals surface area contributed by atoms with Crippen molar-refractivity contribution in [2.24, 2.45) is 0 Å². The van der Waals surface area contributed by atoms with Crippen molar-refractivity contribution in [3.8, 4) is 0 Å². The van der Waals surface area contributed by atoms with Crippen LogP contribution in [0.2, 0.25) is 0 Å². The zero-order chi connectivity index (χ0) is 11.6. The van der Waals surface area contributed by atoms with Gasteiger partial charge in [0, 0.05) is 0 Å². The summed E-state index contributed by atoms with van der Waals surface area (Å²) in [4.78, 5) is 10.4. The molecule has 0 heterocycles. The molecule has 1 rings (SSSR count). The first kappa shape index (κ1) is 11.8. The molecule has 0 aromatic heterocycles. The summed E-state index contributed by atoms with van der Waals surface area (Å²) >= 11 is 0. The van der Waals surface area contributed by atoms with Crippen LogP contribution in [0, 0.1) is 5.82 Å². The Morgan fingerprint density at radius 2 is 1.93 bits per heavy atom. The number of aldehydes is 1. The number of carbonyl (C=O) groups excluding carboxylic acids is 1. The van der Waals surface area contributed by atoms with Crippen molar-refractivity contribution in [1.29, 1.82) is 0 Å². The summed E-state index contributed by atoms with van der Waals surface area (Å²) < 4.78 is 36.3. The van der Waals surface area contributed by atoms with E-state index in [1.54, 1.807) is 0 Å². The van der Waals surface area contributed by atoms with Crippen LogP contribution in [0.15, 0.2) is 23.1 Å². The molecule has 3 nitrogen and oxygen atoms in total. The van der Waals surface area contributed by atoms with E-state index >= 15 is 0 Å². The number of hydrogen-bond donors (Lipinski definition) is 0. The zero-order valence-electron chi connectivity index (χ0n) is 8.40. The third-order valence-corrected chi connectivity index (χ3v) is 4.20. The van der Waals surface area contributed by atoms with Crippen LogP contribution in [0.25, 0.3) is 0 Å². The lowest BCUT2D eigenvalue weighted by Gasteiger charge is -2.08. The Hall–Kier alpha value is -1.23. The summed E-state index contributed by atoms with van der Waals surface area (Å²) in [6, 6.07) is 3.20. The number of carbonyl (C=O) groups is 1. The van der Waals surface area contributed by atoms with Crippen molar-refractivity contribution in [1.82, 2.24) is 0 Å². The standard InChI is InChI=1S/C10H11FO3S/c1-7(2)15(13,14)9-3-4-10(11)8(5-9)6-12/h3-7H,1-2H3. The first-order valence-electron chi connectivity index (χ1n) is 4.38. The maximum absolute atomic E-state index is 12.9. The van der Waals surface area contributed by atoms with Crippen molar-refractivity contribution in [2.75, 3.05) is 0 Å². The second kappa shape index (κ2) is 4.10. The van der Waals surface area contributed by atoms with Gasteiger partial charge in [-0.25, -0.2) is 12.8 Å². The van der Waals surface area contributed by atoms with Gasteiger partial charge < -0.3 is 0 Å². The Morgan fingerprint density at radius 3 is 2.40 bits per heavy atom. The van der Waals surface area contributed by atoms with Gasteiger partial charge in [0.25, 0.3) is 0 Å². The molecule has 0 aliphatic heterocycles. The molecular formula is C10H11FO3S. The lowest BCUT2D eigenvalue weighted by molar-refractivity contribution is 0.111. The summed E-state index contributed by atoms with van der Waals surface area (Å²) in [5, 5.41) is -0.595. The highest BCUT2D eigenvalue weighted by atomic mass is 32.2. The van der Waals surface area contributed by atoms with E-state index in [0.29, 0.717) is 6.29 Å². The van der Waals surface area contributed by atoms with Crippen molar-refractivity contribution in [2.45, 2.75) is 24.0 Å². The molecule has 0 unspecified atom stereocenters. The predicted molar refractivity (Wildman–Crippen MR) is 54.1 cm³/mol. The van der Waals surface area contributed by atoms with Crippen molar-refractivity contribution >= 4 is 16.1 Å². The summed E-state index contributed by atoms with van der Waals surface area (Å²) in [5.74, 6) is -0.715. The van der Waals surface area contributed by atoms with E-state index in [4.69, 9.17) is 0 Å². The lowest BCUT2D eigenvalue weighted by atomic mass is 10.2. The van der Waals surface area contributed by atoms with Crippen LogP contribution in [0.3, 0.4) is 0 Å². The highest BCUT2D eigenvalue weighted by Gasteiger charge is 2.20. The normalized spacial score (nSPS) is 11.7. The van der Waals surface area contributed by atoms with Crippen LogP contribution in [0.4, 0.5) is 4.39 Å². The minimum Gasteiger partial charge on any atom is -0.298 e. The first-order chi connectivity index (χ1) is 6.89. The molecule has 0 saturated heterocycles. The van der Waals surface area contributed by atoms with Crippen LogP contribution in [-0.2, 0) is 9.84 Å². The maximum Gasteiger partial charge on any atom is 0.180 e. The molecule has 0 saturated carbocycles.